The van der Waals surface area contributed by atoms with Crippen LogP contribution in [0, 0.1) is 5.92 Å². The fourth-order valence-corrected chi connectivity index (χ4v) is 4.40. The quantitative estimate of drug-likeness (QED) is 0.732. The molecule has 0 radical (unpaired) electrons. The zero-order valence-corrected chi connectivity index (χ0v) is 12.5. The first-order chi connectivity index (χ1) is 9.16. The van der Waals surface area contributed by atoms with Crippen LogP contribution in [0.15, 0.2) is 11.6 Å². The van der Waals surface area contributed by atoms with E-state index in [4.69, 9.17) is 0 Å². The van der Waals surface area contributed by atoms with Crippen LogP contribution in [0.1, 0.15) is 44.9 Å². The van der Waals surface area contributed by atoms with Crippen molar-refractivity contribution in [2.75, 3.05) is 25.4 Å². The van der Waals surface area contributed by atoms with Crippen molar-refractivity contribution >= 4 is 10.0 Å². The Balaban J connectivity index is 1.69. The van der Waals surface area contributed by atoms with Crippen molar-refractivity contribution in [3.05, 3.63) is 11.6 Å². The van der Waals surface area contributed by atoms with Crippen LogP contribution >= 0.6 is 0 Å². The minimum absolute atomic E-state index is 0.299. The second kappa shape index (κ2) is 7.41. The lowest BCUT2D eigenvalue weighted by Crippen LogP contribution is -2.36. The number of rotatable bonds is 6. The van der Waals surface area contributed by atoms with E-state index in [-0.39, 0.29) is 0 Å². The molecule has 0 atom stereocenters. The molecule has 1 aliphatic carbocycles. The molecule has 0 unspecified atom stereocenters. The zero-order chi connectivity index (χ0) is 13.6. The van der Waals surface area contributed by atoms with Crippen LogP contribution < -0.4 is 10.0 Å². The van der Waals surface area contributed by atoms with Crippen molar-refractivity contribution in [2.24, 2.45) is 5.92 Å². The molecule has 2 rings (SSSR count). The van der Waals surface area contributed by atoms with E-state index in [0.717, 1.165) is 45.2 Å². The topological polar surface area (TPSA) is 58.2 Å². The van der Waals surface area contributed by atoms with Crippen molar-refractivity contribution in [1.29, 1.82) is 0 Å². The van der Waals surface area contributed by atoms with Gasteiger partial charge >= 0.3 is 0 Å². The van der Waals surface area contributed by atoms with Crippen LogP contribution in [0.3, 0.4) is 0 Å². The Kier molecular flexibility index (Phi) is 5.85. The molecule has 1 fully saturated rings. The summed E-state index contributed by atoms with van der Waals surface area (Å²) in [5.41, 5.74) is 1.43. The summed E-state index contributed by atoms with van der Waals surface area (Å²) in [6.45, 7) is 2.47. The summed E-state index contributed by atoms with van der Waals surface area (Å²) in [6.07, 6.45) is 9.97. The molecule has 0 aromatic rings. The smallest absolute Gasteiger partial charge is 0.211 e. The number of nitrogens with one attached hydrogen (secondary N) is 2. The van der Waals surface area contributed by atoms with Crippen molar-refractivity contribution in [2.45, 2.75) is 44.9 Å². The molecule has 0 spiro atoms. The molecule has 4 nitrogen and oxygen atoms in total. The third-order valence-corrected chi connectivity index (χ3v) is 5.62. The highest BCUT2D eigenvalue weighted by Crippen LogP contribution is 2.19. The minimum Gasteiger partial charge on any atom is -0.317 e. The summed E-state index contributed by atoms with van der Waals surface area (Å²) in [5, 5.41) is 3.26. The number of hydrogen-bond donors (Lipinski definition) is 2. The van der Waals surface area contributed by atoms with Gasteiger partial charge in [0.05, 0.1) is 5.75 Å². The van der Waals surface area contributed by atoms with Gasteiger partial charge in [-0.05, 0) is 64.0 Å². The van der Waals surface area contributed by atoms with Gasteiger partial charge in [0.1, 0.15) is 0 Å². The Morgan fingerprint density at radius 3 is 2.74 bits per heavy atom. The molecule has 1 heterocycles. The Hall–Kier alpha value is -0.390. The van der Waals surface area contributed by atoms with Gasteiger partial charge in [-0.25, -0.2) is 13.1 Å². The molecule has 5 heteroatoms. The molecule has 19 heavy (non-hydrogen) atoms. The molecule has 1 saturated heterocycles. The Morgan fingerprint density at radius 1 is 1.26 bits per heavy atom. The van der Waals surface area contributed by atoms with Crippen LogP contribution in [0.4, 0.5) is 0 Å². The summed E-state index contributed by atoms with van der Waals surface area (Å²) < 4.78 is 26.7. The van der Waals surface area contributed by atoms with E-state index in [1.54, 1.807) is 0 Å². The van der Waals surface area contributed by atoms with Gasteiger partial charge in [0.25, 0.3) is 0 Å². The maximum absolute atomic E-state index is 12.0. The van der Waals surface area contributed by atoms with Gasteiger partial charge in [-0.15, -0.1) is 0 Å². The maximum atomic E-state index is 12.0. The third-order valence-electron chi connectivity index (χ3n) is 4.07. The first kappa shape index (κ1) is 15.0. The maximum Gasteiger partial charge on any atom is 0.211 e. The van der Waals surface area contributed by atoms with Crippen molar-refractivity contribution in [1.82, 2.24) is 10.0 Å². The first-order valence-electron chi connectivity index (χ1n) is 7.52. The molecule has 2 N–H and O–H groups in total. The van der Waals surface area contributed by atoms with Crippen LogP contribution in [-0.4, -0.2) is 33.8 Å². The fourth-order valence-electron chi connectivity index (χ4n) is 2.92. The van der Waals surface area contributed by atoms with E-state index in [0.29, 0.717) is 18.2 Å². The molecule has 0 aromatic carbocycles. The van der Waals surface area contributed by atoms with Crippen LogP contribution in [-0.2, 0) is 10.0 Å². The average molecular weight is 286 g/mol. The van der Waals surface area contributed by atoms with Crippen molar-refractivity contribution in [3.63, 3.8) is 0 Å². The van der Waals surface area contributed by atoms with Crippen LogP contribution in [0.2, 0.25) is 0 Å². The van der Waals surface area contributed by atoms with Gasteiger partial charge in [-0.3, -0.25) is 0 Å². The normalized spacial score (nSPS) is 22.2. The molecular formula is C14H26N2O2S. The van der Waals surface area contributed by atoms with E-state index >= 15 is 0 Å². The Morgan fingerprint density at radius 2 is 2.05 bits per heavy atom. The summed E-state index contributed by atoms with van der Waals surface area (Å²) >= 11 is 0. The van der Waals surface area contributed by atoms with Gasteiger partial charge in [0.15, 0.2) is 0 Å². The third kappa shape index (κ3) is 5.63. The Bertz CT molecular complexity index is 398. The Labute approximate surface area is 117 Å². The highest BCUT2D eigenvalue weighted by Gasteiger charge is 2.20. The fraction of sp³-hybridized carbons (Fsp3) is 0.857. The van der Waals surface area contributed by atoms with Crippen molar-refractivity contribution in [3.8, 4) is 0 Å². The summed E-state index contributed by atoms with van der Waals surface area (Å²) in [6, 6.07) is 0. The molecule has 2 aliphatic rings. The number of piperidine rings is 1. The molecule has 0 amide bonds. The van der Waals surface area contributed by atoms with Gasteiger partial charge in [-0.2, -0.15) is 0 Å². The molecule has 110 valence electrons. The molecule has 0 saturated carbocycles. The number of hydrogen-bond acceptors (Lipinski definition) is 3. The van der Waals surface area contributed by atoms with E-state index in [1.807, 2.05) is 0 Å². The molecule has 0 aromatic heterocycles. The number of allylic oxidation sites excluding steroid dienone is 1. The molecule has 1 aliphatic heterocycles. The SMILES string of the molecule is O=S(=O)(CC1CCNCC1)NCCC1=CCCCC1. The zero-order valence-electron chi connectivity index (χ0n) is 11.7. The highest BCUT2D eigenvalue weighted by atomic mass is 32.2. The largest absolute Gasteiger partial charge is 0.317 e. The van der Waals surface area contributed by atoms with E-state index in [2.05, 4.69) is 16.1 Å². The minimum atomic E-state index is -3.09. The average Bonchev–Trinajstić information content (AvgIpc) is 2.40. The van der Waals surface area contributed by atoms with E-state index < -0.39 is 10.0 Å². The summed E-state index contributed by atoms with van der Waals surface area (Å²) in [7, 11) is -3.09. The van der Waals surface area contributed by atoms with E-state index in [1.165, 1.54) is 18.4 Å². The lowest BCUT2D eigenvalue weighted by Gasteiger charge is -2.22. The summed E-state index contributed by atoms with van der Waals surface area (Å²) in [4.78, 5) is 0. The van der Waals surface area contributed by atoms with Crippen LogP contribution in [0.5, 0.6) is 0 Å². The lowest BCUT2D eigenvalue weighted by atomic mass is 9.97. The predicted octanol–water partition coefficient (Wildman–Crippen LogP) is 1.80. The monoisotopic (exact) mass is 286 g/mol. The summed E-state index contributed by atoms with van der Waals surface area (Å²) in [5.74, 6) is 0.626. The molecule has 0 bridgehead atoms. The lowest BCUT2D eigenvalue weighted by molar-refractivity contribution is 0.400. The van der Waals surface area contributed by atoms with Gasteiger partial charge in [0, 0.05) is 6.54 Å². The van der Waals surface area contributed by atoms with Gasteiger partial charge in [-0.1, -0.05) is 11.6 Å². The van der Waals surface area contributed by atoms with Gasteiger partial charge < -0.3 is 5.32 Å². The van der Waals surface area contributed by atoms with Crippen molar-refractivity contribution < 1.29 is 8.42 Å². The number of sulfonamides is 1. The van der Waals surface area contributed by atoms with Gasteiger partial charge in [0.2, 0.25) is 10.0 Å². The van der Waals surface area contributed by atoms with Crippen LogP contribution in [0.25, 0.3) is 0 Å². The highest BCUT2D eigenvalue weighted by molar-refractivity contribution is 7.89. The van der Waals surface area contributed by atoms with E-state index in [9.17, 15) is 8.42 Å². The second-order valence-electron chi connectivity index (χ2n) is 5.73. The first-order valence-corrected chi connectivity index (χ1v) is 9.17. The predicted molar refractivity (Wildman–Crippen MR) is 78.6 cm³/mol. The second-order valence-corrected chi connectivity index (χ2v) is 7.58. The molecular weight excluding hydrogens is 260 g/mol. The standard InChI is InChI=1S/C14H26N2O2S/c17-19(18,12-14-6-9-15-10-7-14)16-11-8-13-4-2-1-3-5-13/h4,14-16H,1-3,5-12H2.